The van der Waals surface area contributed by atoms with Crippen LogP contribution in [0.1, 0.15) is 37.0 Å². The lowest BCUT2D eigenvalue weighted by Crippen LogP contribution is -2.54. The zero-order chi connectivity index (χ0) is 31.1. The summed E-state index contributed by atoms with van der Waals surface area (Å²) in [7, 11) is -4.22. The fraction of sp³-hybridized carbons (Fsp3) is 0.333. The number of nitrogens with one attached hydrogen (secondary N) is 1. The van der Waals surface area contributed by atoms with Gasteiger partial charge in [-0.2, -0.15) is 13.2 Å². The second-order valence-corrected chi connectivity index (χ2v) is 12.3. The van der Waals surface area contributed by atoms with E-state index in [9.17, 15) is 31.2 Å². The van der Waals surface area contributed by atoms with Gasteiger partial charge in [-0.25, -0.2) is 8.42 Å². The van der Waals surface area contributed by atoms with Gasteiger partial charge in [0.15, 0.2) is 0 Å². The molecule has 1 N–H and O–H groups in total. The standard InChI is InChI=1S/C30H33ClF3N3O4S/c1-4-21(2)35-29(39)27(17-22-10-6-5-7-11-22)36(19-23-12-8-14-25(31)16-23)28(38)20-37(42(3,40)41)26-15-9-13-24(18-26)30(32,33)34/h5-16,18,21,27H,4,17,19-20H2,1-3H3,(H,35,39)/t21-,27+/m1/s1. The number of hydrogen-bond acceptors (Lipinski definition) is 4. The van der Waals surface area contributed by atoms with Crippen LogP contribution in [0.15, 0.2) is 78.9 Å². The number of benzene rings is 3. The Kier molecular flexibility index (Phi) is 11.0. The molecule has 0 aliphatic heterocycles. The lowest BCUT2D eigenvalue weighted by molar-refractivity contribution is -0.140. The van der Waals surface area contributed by atoms with E-state index in [0.717, 1.165) is 24.0 Å². The van der Waals surface area contributed by atoms with Gasteiger partial charge in [0.05, 0.1) is 17.5 Å². The van der Waals surface area contributed by atoms with Crippen molar-refractivity contribution in [3.05, 3.63) is 101 Å². The zero-order valence-corrected chi connectivity index (χ0v) is 25.0. The van der Waals surface area contributed by atoms with Gasteiger partial charge in [-0.15, -0.1) is 0 Å². The van der Waals surface area contributed by atoms with Crippen LogP contribution in [0.3, 0.4) is 0 Å². The predicted octanol–water partition coefficient (Wildman–Crippen LogP) is 5.68. The number of alkyl halides is 3. The Balaban J connectivity index is 2.09. The molecule has 42 heavy (non-hydrogen) atoms. The highest BCUT2D eigenvalue weighted by Gasteiger charge is 2.35. The molecular formula is C30H33ClF3N3O4S. The molecule has 0 bridgehead atoms. The van der Waals surface area contributed by atoms with E-state index in [4.69, 9.17) is 11.6 Å². The van der Waals surface area contributed by atoms with Crippen LogP contribution in [0.2, 0.25) is 5.02 Å². The first-order chi connectivity index (χ1) is 19.7. The molecule has 3 rings (SSSR count). The highest BCUT2D eigenvalue weighted by molar-refractivity contribution is 7.92. The number of nitrogens with zero attached hydrogens (tertiary/aromatic N) is 2. The lowest BCUT2D eigenvalue weighted by atomic mass is 10.0. The monoisotopic (exact) mass is 623 g/mol. The van der Waals surface area contributed by atoms with E-state index < -0.39 is 46.2 Å². The van der Waals surface area contributed by atoms with Crippen LogP contribution in [-0.4, -0.2) is 50.0 Å². The van der Waals surface area contributed by atoms with E-state index in [0.29, 0.717) is 27.4 Å². The van der Waals surface area contributed by atoms with E-state index in [-0.39, 0.29) is 24.7 Å². The van der Waals surface area contributed by atoms with Crippen molar-refractivity contribution in [2.45, 2.75) is 51.5 Å². The van der Waals surface area contributed by atoms with Gasteiger partial charge < -0.3 is 10.2 Å². The summed E-state index contributed by atoms with van der Waals surface area (Å²) in [6, 6.07) is 18.1. The summed E-state index contributed by atoms with van der Waals surface area (Å²) in [4.78, 5) is 28.9. The number of rotatable bonds is 12. The summed E-state index contributed by atoms with van der Waals surface area (Å²) in [6.07, 6.45) is -3.18. The number of anilines is 1. The van der Waals surface area contributed by atoms with Crippen molar-refractivity contribution in [2.75, 3.05) is 17.1 Å². The first-order valence-electron chi connectivity index (χ1n) is 13.2. The fourth-order valence-corrected chi connectivity index (χ4v) is 5.33. The fourth-order valence-electron chi connectivity index (χ4n) is 4.28. The number of halogens is 4. The average molecular weight is 624 g/mol. The molecule has 0 heterocycles. The van der Waals surface area contributed by atoms with Crippen LogP contribution in [0.25, 0.3) is 0 Å². The Hall–Kier alpha value is -3.57. The van der Waals surface area contributed by atoms with Crippen LogP contribution < -0.4 is 9.62 Å². The Labute approximate surface area is 249 Å². The molecule has 0 saturated carbocycles. The van der Waals surface area contributed by atoms with Gasteiger partial charge in [0.2, 0.25) is 21.8 Å². The molecule has 7 nitrogen and oxygen atoms in total. The molecule has 0 spiro atoms. The van der Waals surface area contributed by atoms with Gasteiger partial charge in [-0.1, -0.05) is 67.1 Å². The summed E-state index contributed by atoms with van der Waals surface area (Å²) in [5, 5.41) is 3.30. The van der Waals surface area contributed by atoms with Crippen molar-refractivity contribution in [3.63, 3.8) is 0 Å². The van der Waals surface area contributed by atoms with Gasteiger partial charge in [0, 0.05) is 24.0 Å². The van der Waals surface area contributed by atoms with Crippen LogP contribution in [0.4, 0.5) is 18.9 Å². The minimum Gasteiger partial charge on any atom is -0.352 e. The first-order valence-corrected chi connectivity index (χ1v) is 15.4. The molecule has 2 amide bonds. The Morgan fingerprint density at radius 1 is 0.952 bits per heavy atom. The van der Waals surface area contributed by atoms with Crippen LogP contribution in [0, 0.1) is 0 Å². The van der Waals surface area contributed by atoms with Crippen molar-refractivity contribution in [3.8, 4) is 0 Å². The minimum absolute atomic E-state index is 0.106. The maximum absolute atomic E-state index is 14.0. The summed E-state index contributed by atoms with van der Waals surface area (Å²) in [5.74, 6) is -1.23. The van der Waals surface area contributed by atoms with Crippen molar-refractivity contribution in [1.82, 2.24) is 10.2 Å². The molecule has 3 aromatic rings. The predicted molar refractivity (Wildman–Crippen MR) is 157 cm³/mol. The summed E-state index contributed by atoms with van der Waals surface area (Å²) in [5.41, 5.74) is -0.0578. The van der Waals surface area contributed by atoms with Crippen LogP contribution >= 0.6 is 11.6 Å². The molecule has 2 atom stereocenters. The third-order valence-corrected chi connectivity index (χ3v) is 8.03. The Morgan fingerprint density at radius 2 is 1.60 bits per heavy atom. The third-order valence-electron chi connectivity index (χ3n) is 6.65. The maximum Gasteiger partial charge on any atom is 0.416 e. The summed E-state index contributed by atoms with van der Waals surface area (Å²) in [6.45, 7) is 2.78. The number of amides is 2. The smallest absolute Gasteiger partial charge is 0.352 e. The summed E-state index contributed by atoms with van der Waals surface area (Å²) < 4.78 is 66.5. The largest absolute Gasteiger partial charge is 0.416 e. The number of sulfonamides is 1. The molecule has 0 aliphatic rings. The minimum atomic E-state index is -4.73. The number of carbonyl (C=O) groups excluding carboxylic acids is 2. The second-order valence-electron chi connectivity index (χ2n) is 9.99. The molecule has 0 saturated heterocycles. The number of carbonyl (C=O) groups is 2. The van der Waals surface area contributed by atoms with E-state index in [1.165, 1.54) is 11.0 Å². The van der Waals surface area contributed by atoms with Crippen molar-refractivity contribution < 1.29 is 31.2 Å². The summed E-state index contributed by atoms with van der Waals surface area (Å²) >= 11 is 6.18. The molecule has 0 aromatic heterocycles. The lowest BCUT2D eigenvalue weighted by Gasteiger charge is -2.34. The van der Waals surface area contributed by atoms with E-state index in [1.807, 2.05) is 19.9 Å². The molecule has 226 valence electrons. The molecule has 3 aromatic carbocycles. The molecular weight excluding hydrogens is 591 g/mol. The normalized spacial score (nSPS) is 13.2. The molecule has 0 aliphatic carbocycles. The molecule has 0 fully saturated rings. The van der Waals surface area contributed by atoms with Gasteiger partial charge >= 0.3 is 6.18 Å². The van der Waals surface area contributed by atoms with Crippen molar-refractivity contribution in [2.24, 2.45) is 0 Å². The van der Waals surface area contributed by atoms with Gasteiger partial charge in [0.1, 0.15) is 12.6 Å². The van der Waals surface area contributed by atoms with E-state index in [1.54, 1.807) is 48.5 Å². The first kappa shape index (κ1) is 32.9. The topological polar surface area (TPSA) is 86.8 Å². The second kappa shape index (κ2) is 14.1. The van der Waals surface area contributed by atoms with Gasteiger partial charge in [-0.3, -0.25) is 13.9 Å². The van der Waals surface area contributed by atoms with Gasteiger partial charge in [-0.05, 0) is 54.8 Å². The SMILES string of the molecule is CC[C@@H](C)NC(=O)[C@H](Cc1ccccc1)N(Cc1cccc(Cl)c1)C(=O)CN(c1cccc(C(F)(F)F)c1)S(C)(=O)=O. The third kappa shape index (κ3) is 9.22. The van der Waals surface area contributed by atoms with Crippen molar-refractivity contribution in [1.29, 1.82) is 0 Å². The van der Waals surface area contributed by atoms with Crippen LogP contribution in [0.5, 0.6) is 0 Å². The number of hydrogen-bond donors (Lipinski definition) is 1. The quantitative estimate of drug-likeness (QED) is 0.281. The molecule has 0 radical (unpaired) electrons. The highest BCUT2D eigenvalue weighted by Crippen LogP contribution is 2.32. The Bertz CT molecular complexity index is 1490. The van der Waals surface area contributed by atoms with E-state index >= 15 is 0 Å². The zero-order valence-electron chi connectivity index (χ0n) is 23.4. The highest BCUT2D eigenvalue weighted by atomic mass is 35.5. The molecule has 12 heteroatoms. The average Bonchev–Trinajstić information content (AvgIpc) is 2.93. The van der Waals surface area contributed by atoms with Crippen molar-refractivity contribution >= 4 is 39.1 Å². The maximum atomic E-state index is 14.0. The van der Waals surface area contributed by atoms with E-state index in [2.05, 4.69) is 5.32 Å². The molecule has 0 unspecified atom stereocenters. The van der Waals surface area contributed by atoms with Gasteiger partial charge in [0.25, 0.3) is 0 Å². The van der Waals surface area contributed by atoms with Crippen LogP contribution in [-0.2, 0) is 38.8 Å². The Morgan fingerprint density at radius 3 is 2.19 bits per heavy atom.